The van der Waals surface area contributed by atoms with Crippen LogP contribution in [0.1, 0.15) is 113 Å². The summed E-state index contributed by atoms with van der Waals surface area (Å²) in [5.74, 6) is -1.92. The number of carbonyl (C=O) groups excluding carboxylic acids is 6. The molecule has 5 amide bonds. The molecule has 2 heterocycles. The summed E-state index contributed by atoms with van der Waals surface area (Å²) in [6, 6.07) is 11.8. The summed E-state index contributed by atoms with van der Waals surface area (Å²) in [5.41, 5.74) is -1.77. The second-order valence-electron chi connectivity index (χ2n) is 17.8. The van der Waals surface area contributed by atoms with Crippen LogP contribution in [0.5, 0.6) is 0 Å². The Labute approximate surface area is 364 Å². The number of nitrogens with zero attached hydrogens (tertiary/aromatic N) is 4. The molecule has 3 aromatic rings. The molecule has 0 radical (unpaired) electrons. The van der Waals surface area contributed by atoms with E-state index in [0.29, 0.717) is 23.4 Å². The van der Waals surface area contributed by atoms with Crippen molar-refractivity contribution in [2.45, 2.75) is 131 Å². The lowest BCUT2D eigenvalue weighted by Crippen LogP contribution is -2.50. The molecule has 1 aromatic heterocycles. The second-order valence-corrected chi connectivity index (χ2v) is 19.1. The molecular formula is C44H55N5O12S. The summed E-state index contributed by atoms with van der Waals surface area (Å²) in [6.45, 7) is 18.5. The molecule has 1 atom stereocenters. The highest BCUT2D eigenvalue weighted by Gasteiger charge is 2.37. The van der Waals surface area contributed by atoms with E-state index in [4.69, 9.17) is 18.9 Å². The van der Waals surface area contributed by atoms with Crippen LogP contribution in [0.3, 0.4) is 0 Å². The smallest absolute Gasteiger partial charge is 0.436 e. The van der Waals surface area contributed by atoms with Crippen LogP contribution < -0.4 is 5.32 Å². The van der Waals surface area contributed by atoms with Gasteiger partial charge in [-0.15, -0.1) is 11.3 Å². The number of thiophene rings is 1. The molecule has 2 aromatic carbocycles. The Morgan fingerprint density at radius 3 is 1.90 bits per heavy atom. The maximum atomic E-state index is 14.3. The van der Waals surface area contributed by atoms with Crippen molar-refractivity contribution in [2.24, 2.45) is 4.99 Å². The van der Waals surface area contributed by atoms with Gasteiger partial charge in [0, 0.05) is 52.5 Å². The predicted octanol–water partition coefficient (Wildman–Crippen LogP) is 7.93. The van der Waals surface area contributed by atoms with Crippen molar-refractivity contribution in [3.63, 3.8) is 0 Å². The minimum atomic E-state index is -1.19. The van der Waals surface area contributed by atoms with E-state index in [-0.39, 0.29) is 48.3 Å². The van der Waals surface area contributed by atoms with E-state index in [1.165, 1.54) is 59.9 Å². The lowest BCUT2D eigenvalue weighted by atomic mass is 10.0. The van der Waals surface area contributed by atoms with Gasteiger partial charge in [0.05, 0.1) is 17.4 Å². The Balaban J connectivity index is 1.67. The molecular weight excluding hydrogens is 823 g/mol. The van der Waals surface area contributed by atoms with Gasteiger partial charge in [0.25, 0.3) is 11.6 Å². The van der Waals surface area contributed by atoms with Gasteiger partial charge < -0.3 is 29.2 Å². The number of ether oxygens (including phenoxy) is 4. The van der Waals surface area contributed by atoms with Crippen molar-refractivity contribution in [1.82, 2.24) is 15.1 Å². The van der Waals surface area contributed by atoms with Crippen molar-refractivity contribution in [1.29, 1.82) is 0 Å². The number of hydrogen-bond acceptors (Lipinski definition) is 13. The molecule has 1 aliphatic heterocycles. The van der Waals surface area contributed by atoms with Crippen molar-refractivity contribution < 1.29 is 52.6 Å². The molecule has 1 aliphatic rings. The van der Waals surface area contributed by atoms with Crippen LogP contribution in [0, 0.1) is 10.1 Å². The third-order valence-electron chi connectivity index (χ3n) is 8.47. The summed E-state index contributed by atoms with van der Waals surface area (Å²) in [5, 5.41) is 14.2. The Morgan fingerprint density at radius 2 is 1.39 bits per heavy atom. The number of rotatable bonds is 10. The first-order valence-electron chi connectivity index (χ1n) is 20.0. The van der Waals surface area contributed by atoms with Gasteiger partial charge in [0.2, 0.25) is 5.91 Å². The summed E-state index contributed by atoms with van der Waals surface area (Å²) in [4.78, 5) is 99.7. The van der Waals surface area contributed by atoms with Gasteiger partial charge in [-0.1, -0.05) is 24.3 Å². The van der Waals surface area contributed by atoms with Gasteiger partial charge in [-0.2, -0.15) is 9.89 Å². The van der Waals surface area contributed by atoms with E-state index in [9.17, 15) is 38.9 Å². The minimum Gasteiger partial charge on any atom is -0.463 e. The van der Waals surface area contributed by atoms with Gasteiger partial charge in [-0.05, 0) is 112 Å². The average molecular weight is 878 g/mol. The number of nitro groups is 1. The number of fused-ring (bicyclic) bond motifs is 1. The first-order chi connectivity index (χ1) is 28.7. The third-order valence-corrected chi connectivity index (χ3v) is 9.70. The van der Waals surface area contributed by atoms with Crippen LogP contribution in [-0.2, 0) is 54.3 Å². The van der Waals surface area contributed by atoms with Gasteiger partial charge in [-0.25, -0.2) is 14.4 Å². The molecule has 4 rings (SSSR count). The fraction of sp³-hybridized carbons (Fsp3) is 0.477. The van der Waals surface area contributed by atoms with E-state index in [0.717, 1.165) is 15.3 Å². The van der Waals surface area contributed by atoms with Crippen LogP contribution in [0.4, 0.5) is 20.1 Å². The van der Waals surface area contributed by atoms with Crippen molar-refractivity contribution >= 4 is 58.9 Å². The fourth-order valence-electron chi connectivity index (χ4n) is 6.02. The van der Waals surface area contributed by atoms with Crippen LogP contribution in [0.25, 0.3) is 0 Å². The third kappa shape index (κ3) is 14.5. The number of carbonyl (C=O) groups is 6. The lowest BCUT2D eigenvalue weighted by Gasteiger charge is -2.31. The zero-order valence-electron chi connectivity index (χ0n) is 37.0. The largest absolute Gasteiger partial charge is 0.463 e. The Morgan fingerprint density at radius 1 is 0.839 bits per heavy atom. The SMILES string of the molecule is CC(C)OC(=O)Cc1cc2c(s1)CCN(C(=O)[C@H](Cc1ccc([N+](=O)[O-])cc1)NC(=O)c1ccc(C(=NC(=O)OC(C)(C)C)N(C(=O)OC(C)(C)C)C(=O)OC(C)(C)C)cc1)C2. The van der Waals surface area contributed by atoms with Gasteiger partial charge in [0.1, 0.15) is 22.8 Å². The molecule has 18 heteroatoms. The second kappa shape index (κ2) is 19.7. The number of hydrogen-bond donors (Lipinski definition) is 1. The Bertz CT molecular complexity index is 2170. The number of nitrogens with one attached hydrogen (secondary N) is 1. The number of esters is 1. The van der Waals surface area contributed by atoms with E-state index in [1.807, 2.05) is 6.07 Å². The minimum absolute atomic E-state index is 0.00658. The van der Waals surface area contributed by atoms with E-state index >= 15 is 0 Å². The topological polar surface area (TPSA) is 213 Å². The van der Waals surface area contributed by atoms with Crippen LogP contribution in [0.2, 0.25) is 0 Å². The number of aliphatic imine (C=N–C) groups is 1. The number of imide groups is 1. The molecule has 0 aliphatic carbocycles. The lowest BCUT2D eigenvalue weighted by molar-refractivity contribution is -0.384. The fourth-order valence-corrected chi connectivity index (χ4v) is 7.17. The molecule has 0 fully saturated rings. The first kappa shape index (κ1) is 48.5. The number of amides is 5. The molecule has 1 N–H and O–H groups in total. The van der Waals surface area contributed by atoms with E-state index in [2.05, 4.69) is 10.3 Å². The maximum Gasteiger partial charge on any atom is 0.436 e. The quantitative estimate of drug-likeness (QED) is 0.0514. The number of non-ortho nitro benzene ring substituents is 1. The zero-order chi connectivity index (χ0) is 46.3. The van der Waals surface area contributed by atoms with Crippen molar-refractivity contribution in [3.05, 3.63) is 96.7 Å². The molecule has 0 unspecified atom stereocenters. The summed E-state index contributed by atoms with van der Waals surface area (Å²) >= 11 is 1.49. The van der Waals surface area contributed by atoms with E-state index < -0.39 is 63.7 Å². The number of amidine groups is 1. The Kier molecular flexibility index (Phi) is 15.4. The van der Waals surface area contributed by atoms with Gasteiger partial charge in [-0.3, -0.25) is 24.5 Å². The average Bonchev–Trinajstić information content (AvgIpc) is 3.53. The maximum absolute atomic E-state index is 14.3. The summed E-state index contributed by atoms with van der Waals surface area (Å²) < 4.78 is 21.7. The first-order valence-corrected chi connectivity index (χ1v) is 20.8. The molecule has 0 bridgehead atoms. The van der Waals surface area contributed by atoms with Gasteiger partial charge >= 0.3 is 24.2 Å². The summed E-state index contributed by atoms with van der Waals surface area (Å²) in [6.07, 6.45) is -3.14. The normalized spacial score (nSPS) is 13.7. The number of benzene rings is 2. The molecule has 334 valence electrons. The van der Waals surface area contributed by atoms with Crippen LogP contribution in [0.15, 0.2) is 59.6 Å². The molecule has 0 spiro atoms. The highest BCUT2D eigenvalue weighted by Crippen LogP contribution is 2.30. The van der Waals surface area contributed by atoms with Crippen LogP contribution >= 0.6 is 11.3 Å². The van der Waals surface area contributed by atoms with Gasteiger partial charge in [0.15, 0.2) is 5.84 Å². The summed E-state index contributed by atoms with van der Waals surface area (Å²) in [7, 11) is 0. The molecule has 0 saturated heterocycles. The standard InChI is InChI=1S/C44H55N5O12S/c1-26(2)58-35(50)24-32-23-30-25-47(21-20-34(30)62-32)38(52)33(22-27-12-18-31(19-13-27)49(56)57)45-37(51)29-16-14-28(15-17-29)36(46-39(53)59-42(3,4)5)48(40(54)60-43(6,7)8)41(55)61-44(9,10)11/h12-19,23,26,33H,20-22,24-25H2,1-11H3,(H,45,51)/t33-/m0/s1. The molecule has 0 saturated carbocycles. The van der Waals surface area contributed by atoms with Crippen molar-refractivity contribution in [3.8, 4) is 0 Å². The van der Waals surface area contributed by atoms with E-state index in [1.54, 1.807) is 81.1 Å². The highest BCUT2D eigenvalue weighted by molar-refractivity contribution is 7.12. The predicted molar refractivity (Wildman–Crippen MR) is 230 cm³/mol. The monoisotopic (exact) mass is 877 g/mol. The molecule has 17 nitrogen and oxygen atoms in total. The van der Waals surface area contributed by atoms with Crippen molar-refractivity contribution in [2.75, 3.05) is 6.54 Å². The van der Waals surface area contributed by atoms with Crippen LogP contribution in [-0.4, -0.2) is 92.1 Å². The molecule has 62 heavy (non-hydrogen) atoms. The Hall–Kier alpha value is -6.17. The number of nitro benzene ring substituents is 1. The highest BCUT2D eigenvalue weighted by atomic mass is 32.1. The zero-order valence-corrected chi connectivity index (χ0v) is 37.8.